The zero-order valence-electron chi connectivity index (χ0n) is 28.7. The van der Waals surface area contributed by atoms with Gasteiger partial charge in [-0.05, 0) is 111 Å². The maximum atomic E-state index is 2.41. The molecular weight excluding hydrogens is 617 g/mol. The summed E-state index contributed by atoms with van der Waals surface area (Å²) in [7, 11) is 0. The van der Waals surface area contributed by atoms with E-state index in [1.165, 1.54) is 66.0 Å². The van der Waals surface area contributed by atoms with Crippen molar-refractivity contribution in [3.05, 3.63) is 193 Å². The summed E-state index contributed by atoms with van der Waals surface area (Å²) in [5, 5.41) is 5.06. The number of rotatable bonds is 5. The first-order valence-corrected chi connectivity index (χ1v) is 17.8. The van der Waals surface area contributed by atoms with Crippen LogP contribution in [0.15, 0.2) is 182 Å². The average Bonchev–Trinajstić information content (AvgIpc) is 3.64. The zero-order chi connectivity index (χ0) is 34.1. The Hall–Kier alpha value is -6.38. The van der Waals surface area contributed by atoms with Gasteiger partial charge in [-0.1, -0.05) is 129 Å². The molecule has 0 unspecified atom stereocenters. The summed E-state index contributed by atoms with van der Waals surface area (Å²) in [6.45, 7) is 4.70. The van der Waals surface area contributed by atoms with Gasteiger partial charge in [-0.2, -0.15) is 0 Å². The van der Waals surface area contributed by atoms with E-state index in [9.17, 15) is 0 Å². The Kier molecular flexibility index (Phi) is 6.56. The van der Waals surface area contributed by atoms with Crippen molar-refractivity contribution in [3.8, 4) is 27.9 Å². The molecule has 0 saturated heterocycles. The summed E-state index contributed by atoms with van der Waals surface area (Å²) in [4.78, 5) is 2.40. The van der Waals surface area contributed by atoms with E-state index in [-0.39, 0.29) is 5.41 Å². The van der Waals surface area contributed by atoms with Gasteiger partial charge in [-0.25, -0.2) is 0 Å². The van der Waals surface area contributed by atoms with Gasteiger partial charge in [-0.3, -0.25) is 0 Å². The molecule has 10 rings (SSSR count). The molecule has 1 aliphatic carbocycles. The van der Waals surface area contributed by atoms with Gasteiger partial charge in [-0.15, -0.1) is 0 Å². The van der Waals surface area contributed by atoms with Crippen LogP contribution in [0.25, 0.3) is 60.5 Å². The van der Waals surface area contributed by atoms with Crippen LogP contribution in [0.5, 0.6) is 0 Å². The van der Waals surface area contributed by atoms with Gasteiger partial charge in [0.1, 0.15) is 0 Å². The largest absolute Gasteiger partial charge is 0.310 e. The van der Waals surface area contributed by atoms with Crippen LogP contribution in [0, 0.1) is 0 Å². The van der Waals surface area contributed by atoms with Gasteiger partial charge in [0.15, 0.2) is 0 Å². The summed E-state index contributed by atoms with van der Waals surface area (Å²) in [5.41, 5.74) is 14.7. The smallest absolute Gasteiger partial charge is 0.0541 e. The molecule has 2 heteroatoms. The number of anilines is 3. The highest BCUT2D eigenvalue weighted by molar-refractivity contribution is 6.09. The van der Waals surface area contributed by atoms with E-state index in [0.29, 0.717) is 0 Å². The minimum absolute atomic E-state index is 0.0893. The highest BCUT2D eigenvalue weighted by Crippen LogP contribution is 2.50. The second kappa shape index (κ2) is 11.3. The lowest BCUT2D eigenvalue weighted by molar-refractivity contribution is 0.660. The molecule has 242 valence electrons. The van der Waals surface area contributed by atoms with Gasteiger partial charge in [0.2, 0.25) is 0 Å². The van der Waals surface area contributed by atoms with Crippen molar-refractivity contribution >= 4 is 49.6 Å². The van der Waals surface area contributed by atoms with Crippen molar-refractivity contribution in [2.45, 2.75) is 19.3 Å². The van der Waals surface area contributed by atoms with E-state index in [1.54, 1.807) is 0 Å². The molecule has 2 nitrogen and oxygen atoms in total. The predicted octanol–water partition coefficient (Wildman–Crippen LogP) is 13.4. The second-order valence-electron chi connectivity index (χ2n) is 14.2. The van der Waals surface area contributed by atoms with Crippen molar-refractivity contribution in [3.63, 3.8) is 0 Å². The molecule has 1 aromatic heterocycles. The molecule has 0 saturated carbocycles. The molecule has 0 aliphatic heterocycles. The highest BCUT2D eigenvalue weighted by Gasteiger charge is 2.35. The van der Waals surface area contributed by atoms with E-state index in [1.807, 2.05) is 0 Å². The minimum Gasteiger partial charge on any atom is -0.310 e. The fourth-order valence-corrected chi connectivity index (χ4v) is 8.40. The number of aromatic nitrogens is 1. The first kappa shape index (κ1) is 29.5. The van der Waals surface area contributed by atoms with E-state index in [2.05, 4.69) is 205 Å². The minimum atomic E-state index is -0.0893. The molecule has 0 atom stereocenters. The summed E-state index contributed by atoms with van der Waals surface area (Å²) in [5.74, 6) is 0. The molecule has 0 N–H and O–H groups in total. The Morgan fingerprint density at radius 1 is 0.412 bits per heavy atom. The van der Waals surface area contributed by atoms with Gasteiger partial charge < -0.3 is 9.47 Å². The van der Waals surface area contributed by atoms with Gasteiger partial charge in [0.25, 0.3) is 0 Å². The van der Waals surface area contributed by atoms with Crippen LogP contribution >= 0.6 is 0 Å². The van der Waals surface area contributed by atoms with E-state index >= 15 is 0 Å². The molecular formula is C49H36N2. The van der Waals surface area contributed by atoms with Crippen LogP contribution < -0.4 is 4.90 Å². The molecule has 0 fully saturated rings. The predicted molar refractivity (Wildman–Crippen MR) is 216 cm³/mol. The zero-order valence-corrected chi connectivity index (χ0v) is 28.7. The topological polar surface area (TPSA) is 8.17 Å². The summed E-state index contributed by atoms with van der Waals surface area (Å²) in [6.07, 6.45) is 0. The van der Waals surface area contributed by atoms with Crippen LogP contribution in [-0.2, 0) is 5.41 Å². The Bertz CT molecular complexity index is 2710. The molecule has 1 heterocycles. The number of hydrogen-bond acceptors (Lipinski definition) is 1. The molecule has 9 aromatic rings. The van der Waals surface area contributed by atoms with E-state index in [4.69, 9.17) is 0 Å². The Morgan fingerprint density at radius 3 is 1.69 bits per heavy atom. The standard InChI is InChI=1S/C49H36N2/c1-49(2)45-16-8-5-13-41(45)42-30-29-40(32-46(42)49)50(37-23-21-34(22-24-37)36-20-19-33-11-3-4-12-35(33)31-36)38-25-27-39(28-26-38)51-47-17-9-6-14-43(47)44-15-7-10-18-48(44)51/h3-32H,1-2H3. The van der Waals surface area contributed by atoms with Crippen molar-refractivity contribution in [2.24, 2.45) is 0 Å². The van der Waals surface area contributed by atoms with Gasteiger partial charge >= 0.3 is 0 Å². The van der Waals surface area contributed by atoms with Crippen molar-refractivity contribution < 1.29 is 0 Å². The highest BCUT2D eigenvalue weighted by atomic mass is 15.1. The summed E-state index contributed by atoms with van der Waals surface area (Å²) in [6, 6.07) is 66.7. The molecule has 0 bridgehead atoms. The second-order valence-corrected chi connectivity index (χ2v) is 14.2. The molecule has 0 amide bonds. The first-order chi connectivity index (χ1) is 25.0. The average molecular weight is 653 g/mol. The lowest BCUT2D eigenvalue weighted by Crippen LogP contribution is -2.16. The van der Waals surface area contributed by atoms with Crippen molar-refractivity contribution in [1.82, 2.24) is 4.57 Å². The number of benzene rings is 8. The first-order valence-electron chi connectivity index (χ1n) is 17.8. The fourth-order valence-electron chi connectivity index (χ4n) is 8.40. The Labute approximate surface area is 298 Å². The quantitative estimate of drug-likeness (QED) is 0.180. The number of nitrogens with zero attached hydrogens (tertiary/aromatic N) is 2. The van der Waals surface area contributed by atoms with E-state index < -0.39 is 0 Å². The molecule has 0 radical (unpaired) electrons. The summed E-state index contributed by atoms with van der Waals surface area (Å²) >= 11 is 0. The summed E-state index contributed by atoms with van der Waals surface area (Å²) < 4.78 is 2.38. The van der Waals surface area contributed by atoms with Crippen LogP contribution in [0.1, 0.15) is 25.0 Å². The molecule has 51 heavy (non-hydrogen) atoms. The number of para-hydroxylation sites is 2. The molecule has 0 spiro atoms. The Morgan fingerprint density at radius 2 is 0.961 bits per heavy atom. The van der Waals surface area contributed by atoms with Gasteiger partial charge in [0, 0.05) is 38.9 Å². The molecule has 8 aromatic carbocycles. The van der Waals surface area contributed by atoms with Crippen molar-refractivity contribution in [2.75, 3.05) is 4.90 Å². The van der Waals surface area contributed by atoms with E-state index in [0.717, 1.165) is 22.7 Å². The third-order valence-electron chi connectivity index (χ3n) is 11.0. The monoisotopic (exact) mass is 652 g/mol. The Balaban J connectivity index is 1.10. The lowest BCUT2D eigenvalue weighted by atomic mass is 9.82. The van der Waals surface area contributed by atoms with Crippen LogP contribution in [0.4, 0.5) is 17.1 Å². The fraction of sp³-hybridized carbons (Fsp3) is 0.0612. The number of hydrogen-bond donors (Lipinski definition) is 0. The normalized spacial score (nSPS) is 13.1. The van der Waals surface area contributed by atoms with Crippen LogP contribution in [0.3, 0.4) is 0 Å². The third-order valence-corrected chi connectivity index (χ3v) is 11.0. The van der Waals surface area contributed by atoms with Crippen LogP contribution in [-0.4, -0.2) is 4.57 Å². The SMILES string of the molecule is CC1(C)c2ccccc2-c2ccc(N(c3ccc(-c4ccc5ccccc5c4)cc3)c3ccc(-n4c5ccccc5c5ccccc54)cc3)cc21. The lowest BCUT2D eigenvalue weighted by Gasteiger charge is -2.28. The van der Waals surface area contributed by atoms with Crippen molar-refractivity contribution in [1.29, 1.82) is 0 Å². The maximum Gasteiger partial charge on any atom is 0.0541 e. The molecule has 1 aliphatic rings. The maximum absolute atomic E-state index is 2.41. The number of fused-ring (bicyclic) bond motifs is 7. The third kappa shape index (κ3) is 4.64. The van der Waals surface area contributed by atoms with Crippen LogP contribution in [0.2, 0.25) is 0 Å². The van der Waals surface area contributed by atoms with Gasteiger partial charge in [0.05, 0.1) is 11.0 Å².